The quantitative estimate of drug-likeness (QED) is 0.243. The number of hydrogen-bond acceptors (Lipinski definition) is 13. The normalized spacial score (nSPS) is 41.7. The third-order valence-corrected chi connectivity index (χ3v) is 9.35. The molecule has 304 valence electrons. The number of carbonyl (C=O) groups is 1. The minimum atomic E-state index is -1.15. The number of hydrogen-bond donors (Lipinski definition) is 0. The average Bonchev–Trinajstić information content (AvgIpc) is 3.73. The highest BCUT2D eigenvalue weighted by Crippen LogP contribution is 2.42. The molecule has 0 aromatic rings. The molecule has 14 nitrogen and oxygen atoms in total. The van der Waals surface area contributed by atoms with Gasteiger partial charge >= 0.3 is 0 Å². The summed E-state index contributed by atoms with van der Waals surface area (Å²) in [6, 6.07) is -0.356. The molecule has 1 amide bonds. The molecule has 0 radical (unpaired) electrons. The number of likely N-dealkylation sites (N-methyl/N-ethyl adjacent to an activating group) is 2. The van der Waals surface area contributed by atoms with E-state index in [-0.39, 0.29) is 73.5 Å². The lowest BCUT2D eigenvalue weighted by molar-refractivity contribution is -0.274. The Bertz CT molecular complexity index is 1230. The van der Waals surface area contributed by atoms with E-state index in [2.05, 4.69) is 0 Å². The highest BCUT2D eigenvalue weighted by Gasteiger charge is 2.66. The summed E-state index contributed by atoms with van der Waals surface area (Å²) in [4.78, 5) is 19.6. The number of amides is 1. The van der Waals surface area contributed by atoms with Crippen molar-refractivity contribution in [3.63, 3.8) is 0 Å². The van der Waals surface area contributed by atoms with Crippen LogP contribution in [-0.4, -0.2) is 173 Å². The van der Waals surface area contributed by atoms with Crippen LogP contribution in [0.2, 0.25) is 0 Å². The SMILES string of the molecule is [3H][C@@H]1O[C@@]2(COC(C)C)C(=O)N(C)[C@H]1C2OC(C)C.[3H][C@@H]1O[C@@]2(COC(C)C)CN(C)O[C@H]1C2OC(C)C.[3H][C@@H]1O[C@@]2(COC(C)C)CO[C@H]1C2OC(C)C. The zero-order valence-electron chi connectivity index (χ0n) is 37.0. The van der Waals surface area contributed by atoms with Crippen LogP contribution in [0, 0.1) is 0 Å². The number of carbonyl (C=O) groups excluding carboxylic acids is 1. The minimum Gasteiger partial charge on any atom is -0.376 e. The van der Waals surface area contributed by atoms with E-state index in [1.807, 2.05) is 90.1 Å². The summed E-state index contributed by atoms with van der Waals surface area (Å²) in [5.74, 6) is -0.146. The van der Waals surface area contributed by atoms with Gasteiger partial charge in [0.2, 0.25) is 0 Å². The maximum atomic E-state index is 12.4. The molecule has 3 unspecified atom stereocenters. The Morgan fingerprint density at radius 1 is 0.654 bits per heavy atom. The van der Waals surface area contributed by atoms with E-state index in [4.69, 9.17) is 56.3 Å². The summed E-state index contributed by atoms with van der Waals surface area (Å²) in [6.45, 7) is 23.3. The monoisotopic (exact) mass is 753 g/mol. The van der Waals surface area contributed by atoms with Crippen molar-refractivity contribution in [3.8, 4) is 0 Å². The third-order valence-electron chi connectivity index (χ3n) is 9.35. The van der Waals surface area contributed by atoms with Crippen LogP contribution in [0.25, 0.3) is 0 Å². The molecule has 6 saturated heterocycles. The van der Waals surface area contributed by atoms with Gasteiger partial charge in [-0.15, -0.1) is 0 Å². The van der Waals surface area contributed by atoms with Crippen LogP contribution >= 0.6 is 0 Å². The molecule has 0 N–H and O–H groups in total. The van der Waals surface area contributed by atoms with E-state index in [1.165, 1.54) is 0 Å². The number of hydroxylamine groups is 2. The lowest BCUT2D eigenvalue weighted by Crippen LogP contribution is -2.60. The lowest BCUT2D eigenvalue weighted by Gasteiger charge is -2.42. The maximum absolute atomic E-state index is 12.4. The van der Waals surface area contributed by atoms with Gasteiger partial charge in [0.25, 0.3) is 5.91 Å². The molecule has 6 rings (SSSR count). The highest BCUT2D eigenvalue weighted by molar-refractivity contribution is 5.90. The van der Waals surface area contributed by atoms with Crippen LogP contribution in [-0.2, 0) is 57.0 Å². The zero-order valence-corrected chi connectivity index (χ0v) is 34.0. The molecule has 12 atom stereocenters. The van der Waals surface area contributed by atoms with Crippen molar-refractivity contribution in [2.75, 3.05) is 66.8 Å². The second-order valence-electron chi connectivity index (χ2n) is 16.2. The number of rotatable bonds is 15. The zero-order chi connectivity index (χ0) is 41.2. The Balaban J connectivity index is 0.000000184. The fourth-order valence-electron chi connectivity index (χ4n) is 6.97. The Kier molecular flexibility index (Phi) is 13.8. The van der Waals surface area contributed by atoms with Crippen LogP contribution in [0.3, 0.4) is 0 Å². The van der Waals surface area contributed by atoms with Gasteiger partial charge in [-0.1, -0.05) is 0 Å². The molecule has 6 aliphatic heterocycles. The topological polar surface area (TPSA) is 125 Å². The van der Waals surface area contributed by atoms with Crippen LogP contribution in [0.1, 0.15) is 87.2 Å². The van der Waals surface area contributed by atoms with Gasteiger partial charge in [-0.2, -0.15) is 5.06 Å². The molecule has 6 aliphatic rings. The summed E-state index contributed by atoms with van der Waals surface area (Å²) < 4.78 is 81.2. The van der Waals surface area contributed by atoms with Gasteiger partial charge in [0.15, 0.2) is 5.60 Å². The summed E-state index contributed by atoms with van der Waals surface area (Å²) in [5.41, 5.74) is -2.36. The standard InChI is InChI=1S/C13H25NO4.C13H23NO4.C12H22O4/c1-9(2)15-8-13-7-14(5)18-11(6-16-13)12(13)17-10(3)4;1-8(2)16-7-13-11(18-9(3)4)10(6-17-13)14(5)12(13)15;1-8(2)13-6-12-7-14-10(5-15-12)11(12)16-9(3)4/h9-12H,6-8H2,1-5H3;8-11H,6-7H2,1-5H3;8-11H,5-7H2,1-4H3/t11-,12?,13-;10-,11?,13-;10-,11?,12+/m111/s1/i2*6T;5T/t6-,11+,12?,13+;6-,10+,11?,13+;5-,10+,11?,12-/m000. The molecular formula is C38H70N2O12. The average molecular weight is 753 g/mol. The first-order valence-electron chi connectivity index (χ1n) is 20.7. The lowest BCUT2D eigenvalue weighted by atomic mass is 9.94. The highest BCUT2D eigenvalue weighted by atomic mass is 16.7. The van der Waals surface area contributed by atoms with Crippen molar-refractivity contribution in [1.29, 1.82) is 0 Å². The fourth-order valence-corrected chi connectivity index (χ4v) is 6.97. The van der Waals surface area contributed by atoms with E-state index >= 15 is 0 Å². The smallest absolute Gasteiger partial charge is 0.260 e. The molecule has 52 heavy (non-hydrogen) atoms. The van der Waals surface area contributed by atoms with Gasteiger partial charge in [0, 0.05) is 14.1 Å². The number of nitrogens with zero attached hydrogens (tertiary/aromatic N) is 2. The van der Waals surface area contributed by atoms with Gasteiger partial charge in [0.05, 0.1) is 99.5 Å². The first kappa shape index (κ1) is 39.2. The fraction of sp³-hybridized carbons (Fsp3) is 0.974. The number of likely N-dealkylation sites (tertiary alicyclic amines) is 1. The van der Waals surface area contributed by atoms with Crippen LogP contribution in [0.5, 0.6) is 0 Å². The van der Waals surface area contributed by atoms with Crippen molar-refractivity contribution < 1.29 is 61.1 Å². The Morgan fingerprint density at radius 2 is 1.13 bits per heavy atom. The third kappa shape index (κ3) is 10.0. The molecule has 0 aromatic carbocycles. The Hall–Kier alpha value is -1.01. The molecule has 14 heteroatoms. The van der Waals surface area contributed by atoms with Gasteiger partial charge in [-0.25, -0.2) is 0 Å². The summed E-state index contributed by atoms with van der Waals surface area (Å²) in [5, 5.41) is 1.73. The Morgan fingerprint density at radius 3 is 1.67 bits per heavy atom. The van der Waals surface area contributed by atoms with E-state index in [1.54, 1.807) is 17.0 Å². The van der Waals surface area contributed by atoms with Gasteiger partial charge in [-0.3, -0.25) is 9.63 Å². The molecule has 0 spiro atoms. The molecule has 0 saturated carbocycles. The van der Waals surface area contributed by atoms with Crippen molar-refractivity contribution in [3.05, 3.63) is 0 Å². The number of morpholine rings is 1. The van der Waals surface area contributed by atoms with Gasteiger partial charge in [-0.05, 0) is 83.1 Å². The molecular weight excluding hydrogens is 676 g/mol. The van der Waals surface area contributed by atoms with Crippen LogP contribution < -0.4 is 0 Å². The molecule has 0 aromatic heterocycles. The Labute approximate surface area is 316 Å². The minimum absolute atomic E-state index is 0.000357. The summed E-state index contributed by atoms with van der Waals surface area (Å²) >= 11 is 0. The van der Waals surface area contributed by atoms with E-state index < -0.39 is 48.8 Å². The first-order chi connectivity index (χ1) is 25.6. The summed E-state index contributed by atoms with van der Waals surface area (Å²) in [6.07, 6.45) is -1.18. The first-order valence-corrected chi connectivity index (χ1v) is 19.0. The maximum Gasteiger partial charge on any atom is 0.260 e. The number of fused-ring (bicyclic) bond motifs is 6. The molecule has 6 heterocycles. The largest absolute Gasteiger partial charge is 0.376 e. The van der Waals surface area contributed by atoms with E-state index in [0.29, 0.717) is 26.4 Å². The second kappa shape index (κ2) is 18.3. The summed E-state index contributed by atoms with van der Waals surface area (Å²) in [7, 11) is 3.55. The van der Waals surface area contributed by atoms with Crippen molar-refractivity contribution >= 4 is 5.91 Å². The number of ether oxygens (including phenoxy) is 10. The molecule has 6 fully saturated rings. The molecule has 6 bridgehead atoms. The van der Waals surface area contributed by atoms with Crippen molar-refractivity contribution in [1.82, 2.24) is 9.96 Å². The van der Waals surface area contributed by atoms with Crippen LogP contribution in [0.4, 0.5) is 0 Å². The van der Waals surface area contributed by atoms with Gasteiger partial charge in [0.1, 0.15) is 41.7 Å². The molecule has 0 aliphatic carbocycles. The van der Waals surface area contributed by atoms with Crippen LogP contribution in [0.15, 0.2) is 0 Å². The van der Waals surface area contributed by atoms with Crippen molar-refractivity contribution in [2.45, 2.75) is 173 Å². The van der Waals surface area contributed by atoms with E-state index in [0.717, 1.165) is 0 Å². The van der Waals surface area contributed by atoms with Gasteiger partial charge < -0.3 is 52.3 Å². The predicted octanol–water partition coefficient (Wildman–Crippen LogP) is 3.41. The van der Waals surface area contributed by atoms with E-state index in [9.17, 15) is 4.79 Å². The second-order valence-corrected chi connectivity index (χ2v) is 16.2. The van der Waals surface area contributed by atoms with Crippen molar-refractivity contribution in [2.24, 2.45) is 0 Å². The predicted molar refractivity (Wildman–Crippen MR) is 193 cm³/mol.